The number of rotatable bonds is 10. The predicted octanol–water partition coefficient (Wildman–Crippen LogP) is 5.94. The Labute approximate surface area is 270 Å². The highest BCUT2D eigenvalue weighted by Crippen LogP contribution is 2.32. The number of benzene rings is 4. The quantitative estimate of drug-likeness (QED) is 0.177. The van der Waals surface area contributed by atoms with Crippen LogP contribution < -0.4 is 29.1 Å². The van der Waals surface area contributed by atoms with Gasteiger partial charge < -0.3 is 18.9 Å². The molecule has 1 atom stereocenters. The molecule has 9 heteroatoms. The van der Waals surface area contributed by atoms with E-state index < -0.39 is 12.0 Å². The monoisotopic (exact) mass is 634 g/mol. The lowest BCUT2D eigenvalue weighted by molar-refractivity contribution is -0.139. The van der Waals surface area contributed by atoms with E-state index in [-0.39, 0.29) is 12.2 Å². The van der Waals surface area contributed by atoms with Gasteiger partial charge in [0.05, 0.1) is 42.2 Å². The molecular formula is C37H34N2O6S. The first-order valence-corrected chi connectivity index (χ1v) is 15.9. The lowest BCUT2D eigenvalue weighted by Gasteiger charge is -2.24. The highest BCUT2D eigenvalue weighted by molar-refractivity contribution is 7.07. The first-order chi connectivity index (χ1) is 22.4. The summed E-state index contributed by atoms with van der Waals surface area (Å²) in [7, 11) is 1.59. The fourth-order valence-corrected chi connectivity index (χ4v) is 6.68. The Morgan fingerprint density at radius 3 is 2.48 bits per heavy atom. The Morgan fingerprint density at radius 1 is 0.935 bits per heavy atom. The van der Waals surface area contributed by atoms with Crippen LogP contribution in [0.25, 0.3) is 16.8 Å². The molecule has 6 rings (SSSR count). The zero-order valence-electron chi connectivity index (χ0n) is 26.1. The third-order valence-corrected chi connectivity index (χ3v) is 8.76. The van der Waals surface area contributed by atoms with Gasteiger partial charge in [0, 0.05) is 0 Å². The number of hydrogen-bond donors (Lipinski definition) is 0. The van der Waals surface area contributed by atoms with Crippen molar-refractivity contribution in [2.75, 3.05) is 20.3 Å². The first kappa shape index (κ1) is 30.9. The molecule has 5 aromatic rings. The number of thiazole rings is 1. The van der Waals surface area contributed by atoms with Crippen LogP contribution in [0.2, 0.25) is 0 Å². The average Bonchev–Trinajstić information content (AvgIpc) is 3.37. The van der Waals surface area contributed by atoms with Crippen molar-refractivity contribution in [3.8, 4) is 17.2 Å². The Kier molecular flexibility index (Phi) is 9.03. The predicted molar refractivity (Wildman–Crippen MR) is 179 cm³/mol. The van der Waals surface area contributed by atoms with Gasteiger partial charge in [-0.3, -0.25) is 9.36 Å². The van der Waals surface area contributed by atoms with Gasteiger partial charge in [-0.05, 0) is 78.6 Å². The van der Waals surface area contributed by atoms with Crippen molar-refractivity contribution < 1.29 is 23.7 Å². The number of nitrogens with zero attached hydrogens (tertiary/aromatic N) is 2. The lowest BCUT2D eigenvalue weighted by atomic mass is 9.96. The Morgan fingerprint density at radius 2 is 1.72 bits per heavy atom. The molecule has 0 spiro atoms. The molecular weight excluding hydrogens is 600 g/mol. The number of methoxy groups -OCH3 is 1. The second kappa shape index (κ2) is 13.5. The van der Waals surface area contributed by atoms with Crippen LogP contribution in [0.4, 0.5) is 0 Å². The van der Waals surface area contributed by atoms with Crippen molar-refractivity contribution in [1.29, 1.82) is 0 Å². The zero-order valence-corrected chi connectivity index (χ0v) is 26.9. The summed E-state index contributed by atoms with van der Waals surface area (Å²) in [4.78, 5) is 32.4. The molecule has 4 aromatic carbocycles. The topological polar surface area (TPSA) is 88.4 Å². The van der Waals surface area contributed by atoms with E-state index in [1.54, 1.807) is 31.6 Å². The van der Waals surface area contributed by atoms with E-state index in [0.717, 1.165) is 27.5 Å². The van der Waals surface area contributed by atoms with Crippen LogP contribution in [0.1, 0.15) is 43.5 Å². The van der Waals surface area contributed by atoms with Crippen molar-refractivity contribution in [3.63, 3.8) is 0 Å². The Bertz CT molecular complexity index is 2120. The average molecular weight is 635 g/mol. The molecule has 0 radical (unpaired) electrons. The zero-order chi connectivity index (χ0) is 32.2. The van der Waals surface area contributed by atoms with Gasteiger partial charge in [0.15, 0.2) is 16.3 Å². The van der Waals surface area contributed by atoms with Gasteiger partial charge in [-0.15, -0.1) is 0 Å². The van der Waals surface area contributed by atoms with E-state index >= 15 is 0 Å². The van der Waals surface area contributed by atoms with Crippen LogP contribution in [0.3, 0.4) is 0 Å². The fourth-order valence-electron chi connectivity index (χ4n) is 5.64. The molecule has 2 heterocycles. The normalized spacial score (nSPS) is 14.5. The molecule has 0 saturated carbocycles. The second-order valence-corrected chi connectivity index (χ2v) is 11.7. The van der Waals surface area contributed by atoms with Gasteiger partial charge in [-0.25, -0.2) is 9.79 Å². The van der Waals surface area contributed by atoms with Crippen LogP contribution in [0.15, 0.2) is 106 Å². The smallest absolute Gasteiger partial charge is 0.338 e. The second-order valence-electron chi connectivity index (χ2n) is 10.6. The lowest BCUT2D eigenvalue weighted by Crippen LogP contribution is -2.39. The molecule has 0 bridgehead atoms. The number of ether oxygens (including phenoxy) is 4. The summed E-state index contributed by atoms with van der Waals surface area (Å²) in [6.45, 7) is 6.56. The molecule has 0 fully saturated rings. The highest BCUT2D eigenvalue weighted by Gasteiger charge is 2.33. The Hall–Kier alpha value is -5.15. The number of fused-ring (bicyclic) bond motifs is 2. The number of carbonyl (C=O) groups excluding carboxylic acids is 1. The highest BCUT2D eigenvalue weighted by atomic mass is 32.1. The van der Waals surface area contributed by atoms with E-state index in [2.05, 4.69) is 29.3 Å². The van der Waals surface area contributed by atoms with Gasteiger partial charge in [0.1, 0.15) is 12.4 Å². The van der Waals surface area contributed by atoms with E-state index in [1.807, 2.05) is 67.6 Å². The van der Waals surface area contributed by atoms with Crippen molar-refractivity contribution in [2.45, 2.75) is 33.4 Å². The SMILES string of the molecule is CCOC(=O)C1=C(C)N=c2s/c(=C\c3ccc(OCc4cccc5ccccc45)c(OC)c3)c(=O)n2[C@H]1c1ccc(OCC)cc1. The van der Waals surface area contributed by atoms with Gasteiger partial charge in [0.2, 0.25) is 0 Å². The maximum absolute atomic E-state index is 14.0. The van der Waals surface area contributed by atoms with Crippen LogP contribution in [0.5, 0.6) is 17.2 Å². The summed E-state index contributed by atoms with van der Waals surface area (Å²) in [5.41, 5.74) is 3.18. The number of esters is 1. The summed E-state index contributed by atoms with van der Waals surface area (Å²) in [6.07, 6.45) is 1.81. The summed E-state index contributed by atoms with van der Waals surface area (Å²) < 4.78 is 24.9. The van der Waals surface area contributed by atoms with Crippen LogP contribution in [-0.4, -0.2) is 30.9 Å². The minimum absolute atomic E-state index is 0.208. The largest absolute Gasteiger partial charge is 0.494 e. The number of carbonyl (C=O) groups is 1. The molecule has 0 N–H and O–H groups in total. The van der Waals surface area contributed by atoms with Crippen LogP contribution >= 0.6 is 11.3 Å². The standard InChI is InChI=1S/C37H34N2O6S/c1-5-43-28-17-15-26(16-18-28)34-33(36(41)44-6-2)23(3)38-37-39(34)35(40)32(46-37)21-24-14-19-30(31(20-24)42-4)45-22-27-12-9-11-25-10-7-8-13-29(25)27/h7-21,34H,5-6,22H2,1-4H3/b32-21-/t34-/m0/s1. The van der Waals surface area contributed by atoms with Crippen molar-refractivity contribution in [1.82, 2.24) is 4.57 Å². The summed E-state index contributed by atoms with van der Waals surface area (Å²) >= 11 is 1.27. The molecule has 234 valence electrons. The fraction of sp³-hybridized carbons (Fsp3) is 0.216. The molecule has 8 nitrogen and oxygen atoms in total. The summed E-state index contributed by atoms with van der Waals surface area (Å²) in [5, 5.41) is 2.29. The van der Waals surface area contributed by atoms with Crippen LogP contribution in [-0.2, 0) is 16.1 Å². The third-order valence-electron chi connectivity index (χ3n) is 7.77. The minimum Gasteiger partial charge on any atom is -0.494 e. The molecule has 0 saturated heterocycles. The van der Waals surface area contributed by atoms with Gasteiger partial charge in [0.25, 0.3) is 5.56 Å². The maximum atomic E-state index is 14.0. The molecule has 46 heavy (non-hydrogen) atoms. The van der Waals surface area contributed by atoms with E-state index in [0.29, 0.717) is 51.1 Å². The minimum atomic E-state index is -0.701. The summed E-state index contributed by atoms with van der Waals surface area (Å²) in [6, 6.07) is 26.6. The van der Waals surface area contributed by atoms with Crippen molar-refractivity contribution in [2.24, 2.45) is 4.99 Å². The molecule has 0 aliphatic carbocycles. The molecule has 1 aliphatic heterocycles. The number of aromatic nitrogens is 1. The molecule has 1 aliphatic rings. The van der Waals surface area contributed by atoms with Gasteiger partial charge in [-0.1, -0.05) is 72.0 Å². The van der Waals surface area contributed by atoms with Crippen LogP contribution in [0, 0.1) is 0 Å². The number of hydrogen-bond acceptors (Lipinski definition) is 8. The van der Waals surface area contributed by atoms with Gasteiger partial charge >= 0.3 is 5.97 Å². The van der Waals surface area contributed by atoms with Crippen molar-refractivity contribution >= 4 is 34.2 Å². The maximum Gasteiger partial charge on any atom is 0.338 e. The van der Waals surface area contributed by atoms with E-state index in [4.69, 9.17) is 18.9 Å². The number of allylic oxidation sites excluding steroid dienone is 1. The van der Waals surface area contributed by atoms with E-state index in [1.165, 1.54) is 11.3 Å². The van der Waals surface area contributed by atoms with Crippen molar-refractivity contribution in [3.05, 3.63) is 133 Å². The molecule has 0 unspecified atom stereocenters. The summed E-state index contributed by atoms with van der Waals surface area (Å²) in [5.74, 6) is 1.35. The molecule has 0 amide bonds. The van der Waals surface area contributed by atoms with E-state index in [9.17, 15) is 9.59 Å². The Balaban J connectivity index is 1.36. The van der Waals surface area contributed by atoms with Gasteiger partial charge in [-0.2, -0.15) is 0 Å². The third kappa shape index (κ3) is 6.06. The first-order valence-electron chi connectivity index (χ1n) is 15.1. The molecule has 1 aromatic heterocycles.